The molecule has 2 rings (SSSR count). The van der Waals surface area contributed by atoms with E-state index in [1.807, 2.05) is 19.9 Å². The van der Waals surface area contributed by atoms with Gasteiger partial charge in [-0.05, 0) is 32.8 Å². The first-order valence-corrected chi connectivity index (χ1v) is 7.69. The predicted octanol–water partition coefficient (Wildman–Crippen LogP) is 1.91. The number of carboxylic acid groups (broad SMARTS) is 1. The molecular weight excluding hydrogens is 298 g/mol. The summed E-state index contributed by atoms with van der Waals surface area (Å²) in [6.45, 7) is 6.01. The Morgan fingerprint density at radius 1 is 1.43 bits per heavy atom. The molecule has 0 fully saturated rings. The largest absolute Gasteiger partial charge is 0.465 e. The normalized spacial score (nSPS) is 11.0. The third-order valence-electron chi connectivity index (χ3n) is 3.49. The summed E-state index contributed by atoms with van der Waals surface area (Å²) in [5.41, 5.74) is 8.44. The summed E-state index contributed by atoms with van der Waals surface area (Å²) < 4.78 is 7.56. The topological polar surface area (TPSA) is 115 Å². The number of nitrogen functional groups attached to an aromatic ring is 1. The summed E-state index contributed by atoms with van der Waals surface area (Å²) in [6, 6.07) is 1.96. The molecule has 0 spiro atoms. The second kappa shape index (κ2) is 7.77. The van der Waals surface area contributed by atoms with E-state index in [0.29, 0.717) is 31.1 Å². The lowest BCUT2D eigenvalue weighted by atomic mass is 10.3. The number of nitrogens with two attached hydrogens (primary N) is 1. The number of unbranched alkanes of at least 4 members (excludes halogenated alkanes) is 1. The van der Waals surface area contributed by atoms with Crippen LogP contribution in [0, 0.1) is 6.92 Å². The molecule has 126 valence electrons. The number of carbonyl (C=O) groups is 1. The molecule has 8 nitrogen and oxygen atoms in total. The molecular formula is C15H23N5O3. The molecule has 1 amide bonds. The number of imidazole rings is 1. The van der Waals surface area contributed by atoms with Crippen LogP contribution in [0.4, 0.5) is 10.6 Å². The minimum absolute atomic E-state index is 0.414. The molecule has 2 aromatic heterocycles. The van der Waals surface area contributed by atoms with Gasteiger partial charge in [0, 0.05) is 25.4 Å². The molecule has 2 aromatic rings. The predicted molar refractivity (Wildman–Crippen MR) is 87.3 cm³/mol. The zero-order valence-electron chi connectivity index (χ0n) is 13.5. The summed E-state index contributed by atoms with van der Waals surface area (Å²) in [5.74, 6) is 1.23. The zero-order chi connectivity index (χ0) is 16.8. The molecule has 0 saturated heterocycles. The number of amides is 1. The fourth-order valence-electron chi connectivity index (χ4n) is 2.46. The number of hydrogen-bond acceptors (Lipinski definition) is 5. The number of nitrogens with zero attached hydrogens (tertiary/aromatic N) is 3. The van der Waals surface area contributed by atoms with Crippen molar-refractivity contribution < 1.29 is 14.6 Å². The van der Waals surface area contributed by atoms with Crippen LogP contribution >= 0.6 is 0 Å². The second-order valence-corrected chi connectivity index (χ2v) is 5.27. The molecule has 8 heteroatoms. The van der Waals surface area contributed by atoms with Crippen LogP contribution in [0.3, 0.4) is 0 Å². The Labute approximate surface area is 134 Å². The van der Waals surface area contributed by atoms with Crippen LogP contribution in [0.15, 0.2) is 6.07 Å². The molecule has 0 aromatic carbocycles. The van der Waals surface area contributed by atoms with Gasteiger partial charge in [0.15, 0.2) is 5.82 Å². The summed E-state index contributed by atoms with van der Waals surface area (Å²) in [5, 5.41) is 10.9. The Kier molecular flexibility index (Phi) is 5.75. The number of anilines is 1. The summed E-state index contributed by atoms with van der Waals surface area (Å²) >= 11 is 0. The van der Waals surface area contributed by atoms with Gasteiger partial charge in [0.2, 0.25) is 0 Å². The number of hydrogen-bond donors (Lipinski definition) is 3. The van der Waals surface area contributed by atoms with Crippen LogP contribution in [0.25, 0.3) is 11.0 Å². The van der Waals surface area contributed by atoms with Gasteiger partial charge in [-0.25, -0.2) is 14.8 Å². The van der Waals surface area contributed by atoms with Crippen molar-refractivity contribution in [3.8, 4) is 0 Å². The highest BCUT2D eigenvalue weighted by Crippen LogP contribution is 2.22. The van der Waals surface area contributed by atoms with Crippen LogP contribution < -0.4 is 11.1 Å². The van der Waals surface area contributed by atoms with Crippen molar-refractivity contribution in [2.75, 3.05) is 18.9 Å². The molecule has 0 saturated carbocycles. The minimum atomic E-state index is -0.996. The van der Waals surface area contributed by atoms with Crippen molar-refractivity contribution in [3.63, 3.8) is 0 Å². The Morgan fingerprint density at radius 2 is 2.22 bits per heavy atom. The van der Waals surface area contributed by atoms with Gasteiger partial charge in [0.1, 0.15) is 17.9 Å². The van der Waals surface area contributed by atoms with Crippen molar-refractivity contribution in [2.45, 2.75) is 39.8 Å². The van der Waals surface area contributed by atoms with E-state index in [1.165, 1.54) is 0 Å². The molecule has 2 heterocycles. The van der Waals surface area contributed by atoms with E-state index in [9.17, 15) is 4.79 Å². The fourth-order valence-corrected chi connectivity index (χ4v) is 2.46. The van der Waals surface area contributed by atoms with E-state index in [-0.39, 0.29) is 0 Å². The highest BCUT2D eigenvalue weighted by atomic mass is 16.5. The highest BCUT2D eigenvalue weighted by molar-refractivity contribution is 5.85. The third kappa shape index (κ3) is 4.32. The average Bonchev–Trinajstić information content (AvgIpc) is 2.83. The van der Waals surface area contributed by atoms with Crippen molar-refractivity contribution in [1.29, 1.82) is 0 Å². The van der Waals surface area contributed by atoms with Crippen LogP contribution in [0.5, 0.6) is 0 Å². The number of aromatic nitrogens is 3. The standard InChI is InChI=1S/C15H23N5O3/c1-3-23-9-12-19-13-11(8-10(2)18-14(13)16)20(12)7-5-4-6-17-15(21)22/h8,17H,3-7,9H2,1-2H3,(H2,16,18)(H,21,22). The quantitative estimate of drug-likeness (QED) is 0.640. The SMILES string of the molecule is CCOCc1nc2c(N)nc(C)cc2n1CCCCNC(=O)O. The maximum atomic E-state index is 10.4. The van der Waals surface area contributed by atoms with Crippen molar-refractivity contribution in [1.82, 2.24) is 19.9 Å². The number of pyridine rings is 1. The van der Waals surface area contributed by atoms with Gasteiger partial charge in [0.25, 0.3) is 0 Å². The smallest absolute Gasteiger partial charge is 0.404 e. The monoisotopic (exact) mass is 321 g/mol. The number of ether oxygens (including phenoxy) is 1. The molecule has 23 heavy (non-hydrogen) atoms. The van der Waals surface area contributed by atoms with Gasteiger partial charge >= 0.3 is 6.09 Å². The van der Waals surface area contributed by atoms with E-state index in [4.69, 9.17) is 15.6 Å². The third-order valence-corrected chi connectivity index (χ3v) is 3.49. The van der Waals surface area contributed by atoms with Crippen molar-refractivity contribution in [2.24, 2.45) is 0 Å². The van der Waals surface area contributed by atoms with Gasteiger partial charge in [-0.3, -0.25) is 0 Å². The zero-order valence-corrected chi connectivity index (χ0v) is 13.5. The van der Waals surface area contributed by atoms with E-state index in [1.54, 1.807) is 0 Å². The lowest BCUT2D eigenvalue weighted by Crippen LogP contribution is -2.22. The minimum Gasteiger partial charge on any atom is -0.465 e. The molecule has 0 aliphatic rings. The van der Waals surface area contributed by atoms with Crippen LogP contribution in [-0.2, 0) is 17.9 Å². The lowest BCUT2D eigenvalue weighted by molar-refractivity contribution is 0.126. The lowest BCUT2D eigenvalue weighted by Gasteiger charge is -2.10. The number of aryl methyl sites for hydroxylation is 2. The van der Waals surface area contributed by atoms with Crippen molar-refractivity contribution in [3.05, 3.63) is 17.6 Å². The van der Waals surface area contributed by atoms with Gasteiger partial charge < -0.3 is 25.5 Å². The first kappa shape index (κ1) is 17.0. The average molecular weight is 321 g/mol. The van der Waals surface area contributed by atoms with Crippen LogP contribution in [0.2, 0.25) is 0 Å². The fraction of sp³-hybridized carbons (Fsp3) is 0.533. The van der Waals surface area contributed by atoms with Crippen molar-refractivity contribution >= 4 is 22.9 Å². The second-order valence-electron chi connectivity index (χ2n) is 5.27. The maximum absolute atomic E-state index is 10.4. The summed E-state index contributed by atoms with van der Waals surface area (Å²) in [4.78, 5) is 19.3. The van der Waals surface area contributed by atoms with Gasteiger partial charge in [0.05, 0.1) is 5.52 Å². The van der Waals surface area contributed by atoms with Crippen LogP contribution in [-0.4, -0.2) is 38.9 Å². The Bertz CT molecular complexity index is 683. The van der Waals surface area contributed by atoms with Crippen LogP contribution in [0.1, 0.15) is 31.3 Å². The Morgan fingerprint density at radius 3 is 2.91 bits per heavy atom. The summed E-state index contributed by atoms with van der Waals surface area (Å²) in [7, 11) is 0. The van der Waals surface area contributed by atoms with Gasteiger partial charge in [-0.15, -0.1) is 0 Å². The number of rotatable bonds is 8. The number of fused-ring (bicyclic) bond motifs is 1. The molecule has 0 bridgehead atoms. The number of nitrogens with one attached hydrogen (secondary N) is 1. The molecule has 0 atom stereocenters. The maximum Gasteiger partial charge on any atom is 0.404 e. The Hall–Kier alpha value is -2.35. The van der Waals surface area contributed by atoms with Gasteiger partial charge in [-0.1, -0.05) is 0 Å². The molecule has 0 unspecified atom stereocenters. The van der Waals surface area contributed by atoms with Gasteiger partial charge in [-0.2, -0.15) is 0 Å². The highest BCUT2D eigenvalue weighted by Gasteiger charge is 2.14. The first-order valence-electron chi connectivity index (χ1n) is 7.69. The Balaban J connectivity index is 2.18. The molecule has 0 aliphatic heterocycles. The van der Waals surface area contributed by atoms with E-state index < -0.39 is 6.09 Å². The summed E-state index contributed by atoms with van der Waals surface area (Å²) in [6.07, 6.45) is 0.579. The van der Waals surface area contributed by atoms with E-state index in [2.05, 4.69) is 19.9 Å². The first-order chi connectivity index (χ1) is 11.0. The van der Waals surface area contributed by atoms with E-state index >= 15 is 0 Å². The molecule has 0 aliphatic carbocycles. The van der Waals surface area contributed by atoms with E-state index in [0.717, 1.165) is 36.4 Å². The molecule has 0 radical (unpaired) electrons. The molecule has 4 N–H and O–H groups in total.